The average molecular weight is 263 g/mol. The first kappa shape index (κ1) is 16.1. The van der Waals surface area contributed by atoms with Gasteiger partial charge in [-0.3, -0.25) is 9.88 Å². The molecule has 0 radical (unpaired) electrons. The standard InChI is InChI=1S/C16H29N3/c1-5-8-15(17-4)16(6-2)19(7-3)13-14-9-11-18-12-10-14/h9-12,15-17H,5-8,13H2,1-4H3. The predicted molar refractivity (Wildman–Crippen MR) is 82.2 cm³/mol. The summed E-state index contributed by atoms with van der Waals surface area (Å²) < 4.78 is 0. The molecule has 0 aliphatic carbocycles. The summed E-state index contributed by atoms with van der Waals surface area (Å²) in [5, 5.41) is 3.50. The van der Waals surface area contributed by atoms with E-state index in [0.29, 0.717) is 12.1 Å². The topological polar surface area (TPSA) is 28.2 Å². The van der Waals surface area contributed by atoms with E-state index in [0.717, 1.165) is 13.1 Å². The van der Waals surface area contributed by atoms with E-state index < -0.39 is 0 Å². The summed E-state index contributed by atoms with van der Waals surface area (Å²) >= 11 is 0. The van der Waals surface area contributed by atoms with E-state index in [9.17, 15) is 0 Å². The fourth-order valence-electron chi connectivity index (χ4n) is 2.82. The molecule has 0 aromatic carbocycles. The van der Waals surface area contributed by atoms with Crippen LogP contribution < -0.4 is 5.32 Å². The van der Waals surface area contributed by atoms with Crippen LogP contribution in [-0.4, -0.2) is 35.6 Å². The smallest absolute Gasteiger partial charge is 0.0271 e. The molecule has 0 fully saturated rings. The van der Waals surface area contributed by atoms with Gasteiger partial charge in [0.15, 0.2) is 0 Å². The van der Waals surface area contributed by atoms with Crippen molar-refractivity contribution < 1.29 is 0 Å². The monoisotopic (exact) mass is 263 g/mol. The molecule has 1 aromatic heterocycles. The van der Waals surface area contributed by atoms with Gasteiger partial charge >= 0.3 is 0 Å². The zero-order valence-corrected chi connectivity index (χ0v) is 12.9. The quantitative estimate of drug-likeness (QED) is 0.742. The Balaban J connectivity index is 2.74. The van der Waals surface area contributed by atoms with E-state index in [1.807, 2.05) is 12.4 Å². The van der Waals surface area contributed by atoms with Crippen molar-refractivity contribution in [3.63, 3.8) is 0 Å². The average Bonchev–Trinajstić information content (AvgIpc) is 2.46. The molecule has 1 aromatic rings. The minimum Gasteiger partial charge on any atom is -0.315 e. The van der Waals surface area contributed by atoms with Crippen molar-refractivity contribution in [2.24, 2.45) is 0 Å². The largest absolute Gasteiger partial charge is 0.315 e. The number of pyridine rings is 1. The van der Waals surface area contributed by atoms with Gasteiger partial charge in [0.05, 0.1) is 0 Å². The van der Waals surface area contributed by atoms with Gasteiger partial charge in [-0.05, 0) is 44.1 Å². The number of nitrogens with one attached hydrogen (secondary N) is 1. The van der Waals surface area contributed by atoms with Crippen LogP contribution >= 0.6 is 0 Å². The van der Waals surface area contributed by atoms with E-state index >= 15 is 0 Å². The zero-order valence-electron chi connectivity index (χ0n) is 12.9. The van der Waals surface area contributed by atoms with Crippen LogP contribution in [0.5, 0.6) is 0 Å². The van der Waals surface area contributed by atoms with Gasteiger partial charge in [-0.25, -0.2) is 0 Å². The molecule has 0 bridgehead atoms. The molecule has 3 nitrogen and oxygen atoms in total. The van der Waals surface area contributed by atoms with Gasteiger partial charge in [0.1, 0.15) is 0 Å². The van der Waals surface area contributed by atoms with E-state index in [1.165, 1.54) is 24.8 Å². The summed E-state index contributed by atoms with van der Waals surface area (Å²) in [5.41, 5.74) is 1.35. The second kappa shape index (κ2) is 9.05. The molecule has 108 valence electrons. The summed E-state index contributed by atoms with van der Waals surface area (Å²) in [6.07, 6.45) is 7.42. The Hall–Kier alpha value is -0.930. The Bertz CT molecular complexity index is 326. The van der Waals surface area contributed by atoms with Crippen LogP contribution in [0, 0.1) is 0 Å². The van der Waals surface area contributed by atoms with Crippen molar-refractivity contribution in [3.05, 3.63) is 30.1 Å². The van der Waals surface area contributed by atoms with Crippen LogP contribution in [-0.2, 0) is 6.54 Å². The van der Waals surface area contributed by atoms with Crippen molar-refractivity contribution in [2.45, 2.75) is 58.7 Å². The molecule has 1 heterocycles. The normalized spacial score (nSPS) is 14.6. The number of hydrogen-bond donors (Lipinski definition) is 1. The third-order valence-corrected chi connectivity index (χ3v) is 3.86. The van der Waals surface area contributed by atoms with Crippen molar-refractivity contribution in [3.8, 4) is 0 Å². The number of nitrogens with zero attached hydrogens (tertiary/aromatic N) is 2. The summed E-state index contributed by atoms with van der Waals surface area (Å²) in [5.74, 6) is 0. The van der Waals surface area contributed by atoms with E-state index in [4.69, 9.17) is 0 Å². The molecular formula is C16H29N3. The van der Waals surface area contributed by atoms with E-state index in [2.05, 4.69) is 55.2 Å². The Morgan fingerprint density at radius 3 is 2.37 bits per heavy atom. The van der Waals surface area contributed by atoms with Crippen LogP contribution in [0.4, 0.5) is 0 Å². The highest BCUT2D eigenvalue weighted by Gasteiger charge is 2.23. The fraction of sp³-hybridized carbons (Fsp3) is 0.688. The molecular weight excluding hydrogens is 234 g/mol. The maximum absolute atomic E-state index is 4.09. The highest BCUT2D eigenvalue weighted by molar-refractivity contribution is 5.09. The lowest BCUT2D eigenvalue weighted by molar-refractivity contribution is 0.149. The zero-order chi connectivity index (χ0) is 14.1. The fourth-order valence-corrected chi connectivity index (χ4v) is 2.82. The number of likely N-dealkylation sites (N-methyl/N-ethyl adjacent to an activating group) is 2. The maximum Gasteiger partial charge on any atom is 0.0271 e. The van der Waals surface area contributed by atoms with Crippen LogP contribution in [0.15, 0.2) is 24.5 Å². The third-order valence-electron chi connectivity index (χ3n) is 3.86. The molecule has 0 aliphatic rings. The first-order valence-corrected chi connectivity index (χ1v) is 7.56. The lowest BCUT2D eigenvalue weighted by Gasteiger charge is -2.36. The molecule has 19 heavy (non-hydrogen) atoms. The van der Waals surface area contributed by atoms with Gasteiger partial charge in [-0.15, -0.1) is 0 Å². The summed E-state index contributed by atoms with van der Waals surface area (Å²) in [4.78, 5) is 6.67. The lowest BCUT2D eigenvalue weighted by Crippen LogP contribution is -2.48. The van der Waals surface area contributed by atoms with Gasteiger partial charge in [-0.1, -0.05) is 27.2 Å². The Labute approximate surface area is 118 Å². The molecule has 3 heteroatoms. The van der Waals surface area contributed by atoms with Crippen molar-refractivity contribution >= 4 is 0 Å². The van der Waals surface area contributed by atoms with Gasteiger partial charge in [0.25, 0.3) is 0 Å². The highest BCUT2D eigenvalue weighted by Crippen LogP contribution is 2.16. The summed E-state index contributed by atoms with van der Waals surface area (Å²) in [6, 6.07) is 5.41. The number of aromatic nitrogens is 1. The Morgan fingerprint density at radius 1 is 1.21 bits per heavy atom. The Morgan fingerprint density at radius 2 is 1.89 bits per heavy atom. The predicted octanol–water partition coefficient (Wildman–Crippen LogP) is 3.07. The summed E-state index contributed by atoms with van der Waals surface area (Å²) in [6.45, 7) is 8.90. The molecule has 2 atom stereocenters. The third kappa shape index (κ3) is 4.92. The minimum absolute atomic E-state index is 0.580. The lowest BCUT2D eigenvalue weighted by atomic mass is 9.98. The van der Waals surface area contributed by atoms with Gasteiger partial charge in [0, 0.05) is 31.0 Å². The first-order valence-electron chi connectivity index (χ1n) is 7.56. The van der Waals surface area contributed by atoms with Gasteiger partial charge < -0.3 is 5.32 Å². The van der Waals surface area contributed by atoms with Crippen molar-refractivity contribution in [1.82, 2.24) is 15.2 Å². The van der Waals surface area contributed by atoms with Gasteiger partial charge in [0.2, 0.25) is 0 Å². The van der Waals surface area contributed by atoms with Crippen molar-refractivity contribution in [2.75, 3.05) is 13.6 Å². The molecule has 0 saturated carbocycles. The Kier molecular flexibility index (Phi) is 7.68. The maximum atomic E-state index is 4.09. The first-order chi connectivity index (χ1) is 9.26. The minimum atomic E-state index is 0.580. The van der Waals surface area contributed by atoms with Crippen LogP contribution in [0.1, 0.15) is 45.6 Å². The van der Waals surface area contributed by atoms with Crippen molar-refractivity contribution in [1.29, 1.82) is 0 Å². The molecule has 0 saturated heterocycles. The SMILES string of the molecule is CCCC(NC)C(CC)N(CC)Cc1ccncc1. The second-order valence-electron chi connectivity index (χ2n) is 5.08. The second-order valence-corrected chi connectivity index (χ2v) is 5.08. The highest BCUT2D eigenvalue weighted by atomic mass is 15.2. The van der Waals surface area contributed by atoms with Crippen LogP contribution in [0.25, 0.3) is 0 Å². The van der Waals surface area contributed by atoms with E-state index in [1.54, 1.807) is 0 Å². The summed E-state index contributed by atoms with van der Waals surface area (Å²) in [7, 11) is 2.09. The molecule has 0 spiro atoms. The number of hydrogen-bond acceptors (Lipinski definition) is 3. The molecule has 2 unspecified atom stereocenters. The van der Waals surface area contributed by atoms with Crippen LogP contribution in [0.2, 0.25) is 0 Å². The van der Waals surface area contributed by atoms with E-state index in [-0.39, 0.29) is 0 Å². The molecule has 1 N–H and O–H groups in total. The van der Waals surface area contributed by atoms with Crippen LogP contribution in [0.3, 0.4) is 0 Å². The molecule has 0 aliphatic heterocycles. The molecule has 0 amide bonds. The molecule has 1 rings (SSSR count). The van der Waals surface area contributed by atoms with Gasteiger partial charge in [-0.2, -0.15) is 0 Å². The number of rotatable bonds is 9.